The molecule has 0 fully saturated rings. The fourth-order valence-corrected chi connectivity index (χ4v) is 0.592. The number of phenols is 1. The van der Waals surface area contributed by atoms with Gasteiger partial charge in [0.05, 0.1) is 5.02 Å². The Labute approximate surface area is 56.7 Å². The van der Waals surface area contributed by atoms with Crippen molar-refractivity contribution in [3.63, 3.8) is 0 Å². The fourth-order valence-electron chi connectivity index (χ4n) is 0.439. The standard InChI is InChI=1S/C6H3ClFO/c7-4-2-1-3-5(8)6(4)9/h2-3,9H. The zero-order chi connectivity index (χ0) is 6.85. The Morgan fingerprint density at radius 3 is 2.67 bits per heavy atom. The molecule has 1 rings (SSSR count). The lowest BCUT2D eigenvalue weighted by Gasteiger charge is -1.93. The Balaban J connectivity index is 3.25. The smallest absolute Gasteiger partial charge is 0.170 e. The van der Waals surface area contributed by atoms with Crippen molar-refractivity contribution >= 4 is 11.6 Å². The molecule has 47 valence electrons. The van der Waals surface area contributed by atoms with E-state index in [2.05, 4.69) is 6.07 Å². The molecule has 0 saturated carbocycles. The normalized spacial score (nSPS) is 9.56. The van der Waals surface area contributed by atoms with E-state index < -0.39 is 11.6 Å². The van der Waals surface area contributed by atoms with Gasteiger partial charge in [-0.2, -0.15) is 0 Å². The number of halogens is 2. The minimum atomic E-state index is -0.748. The van der Waals surface area contributed by atoms with Gasteiger partial charge in [-0.3, -0.25) is 0 Å². The molecule has 0 aliphatic heterocycles. The number of phenolic OH excluding ortho intramolecular Hbond substituents is 1. The van der Waals surface area contributed by atoms with Crippen LogP contribution in [0.15, 0.2) is 12.1 Å². The third kappa shape index (κ3) is 1.13. The Morgan fingerprint density at radius 2 is 2.22 bits per heavy atom. The lowest BCUT2D eigenvalue weighted by Crippen LogP contribution is -1.74. The summed E-state index contributed by atoms with van der Waals surface area (Å²) in [6, 6.07) is 4.71. The third-order valence-electron chi connectivity index (χ3n) is 0.873. The summed E-state index contributed by atoms with van der Waals surface area (Å²) < 4.78 is 12.2. The lowest BCUT2D eigenvalue weighted by atomic mass is 10.3. The summed E-state index contributed by atoms with van der Waals surface area (Å²) in [5.74, 6) is -1.27. The molecule has 0 aliphatic carbocycles. The summed E-state index contributed by atoms with van der Waals surface area (Å²) >= 11 is 5.29. The van der Waals surface area contributed by atoms with Crippen LogP contribution in [0.5, 0.6) is 5.75 Å². The Morgan fingerprint density at radius 1 is 1.56 bits per heavy atom. The van der Waals surface area contributed by atoms with Crippen molar-refractivity contribution < 1.29 is 9.50 Å². The molecule has 0 saturated heterocycles. The molecule has 1 radical (unpaired) electrons. The van der Waals surface area contributed by atoms with Crippen LogP contribution >= 0.6 is 11.6 Å². The van der Waals surface area contributed by atoms with E-state index in [0.717, 1.165) is 6.07 Å². The molecule has 9 heavy (non-hydrogen) atoms. The van der Waals surface area contributed by atoms with E-state index in [9.17, 15) is 4.39 Å². The highest BCUT2D eigenvalue weighted by molar-refractivity contribution is 6.31. The second-order valence-corrected chi connectivity index (χ2v) is 1.91. The molecule has 1 aromatic carbocycles. The van der Waals surface area contributed by atoms with Crippen molar-refractivity contribution in [1.82, 2.24) is 0 Å². The van der Waals surface area contributed by atoms with Crippen LogP contribution in [0, 0.1) is 11.9 Å². The molecular weight excluding hydrogens is 143 g/mol. The monoisotopic (exact) mass is 145 g/mol. The summed E-state index contributed by atoms with van der Waals surface area (Å²) in [5.41, 5.74) is 0. The largest absolute Gasteiger partial charge is 0.504 e. The first kappa shape index (κ1) is 6.36. The highest BCUT2D eigenvalue weighted by Crippen LogP contribution is 2.24. The van der Waals surface area contributed by atoms with Crippen LogP contribution in [0.3, 0.4) is 0 Å². The second-order valence-electron chi connectivity index (χ2n) is 1.50. The van der Waals surface area contributed by atoms with Gasteiger partial charge in [-0.1, -0.05) is 11.6 Å². The van der Waals surface area contributed by atoms with E-state index in [1.165, 1.54) is 6.07 Å². The molecule has 0 spiro atoms. The predicted octanol–water partition coefficient (Wildman–Crippen LogP) is 1.98. The highest BCUT2D eigenvalue weighted by Gasteiger charge is 2.01. The molecule has 0 atom stereocenters. The molecule has 1 nitrogen and oxygen atoms in total. The van der Waals surface area contributed by atoms with Crippen molar-refractivity contribution in [2.45, 2.75) is 0 Å². The Kier molecular flexibility index (Phi) is 1.58. The first-order valence-corrected chi connectivity index (χ1v) is 2.63. The van der Waals surface area contributed by atoms with E-state index >= 15 is 0 Å². The van der Waals surface area contributed by atoms with Crippen LogP contribution in [0.2, 0.25) is 5.02 Å². The zero-order valence-electron chi connectivity index (χ0n) is 4.36. The predicted molar refractivity (Wildman–Crippen MR) is 31.9 cm³/mol. The molecular formula is C6H3ClFO. The van der Waals surface area contributed by atoms with Gasteiger partial charge in [-0.25, -0.2) is 4.39 Å². The summed E-state index contributed by atoms with van der Waals surface area (Å²) in [4.78, 5) is 0. The molecule has 0 aliphatic rings. The third-order valence-corrected chi connectivity index (χ3v) is 1.16. The summed E-state index contributed by atoms with van der Waals surface area (Å²) in [5, 5.41) is 8.66. The van der Waals surface area contributed by atoms with Gasteiger partial charge in [0.25, 0.3) is 0 Å². The van der Waals surface area contributed by atoms with Gasteiger partial charge in [-0.15, -0.1) is 0 Å². The molecule has 1 aromatic rings. The van der Waals surface area contributed by atoms with Gasteiger partial charge in [0.2, 0.25) is 0 Å². The maximum Gasteiger partial charge on any atom is 0.170 e. The summed E-state index contributed by atoms with van der Waals surface area (Å²) in [7, 11) is 0. The van der Waals surface area contributed by atoms with E-state index in [1.807, 2.05) is 0 Å². The first-order chi connectivity index (χ1) is 4.22. The molecule has 0 bridgehead atoms. The molecule has 1 N–H and O–H groups in total. The van der Waals surface area contributed by atoms with Gasteiger partial charge in [0, 0.05) is 0 Å². The van der Waals surface area contributed by atoms with E-state index in [0.29, 0.717) is 0 Å². The van der Waals surface area contributed by atoms with Gasteiger partial charge >= 0.3 is 0 Å². The highest BCUT2D eigenvalue weighted by atomic mass is 35.5. The van der Waals surface area contributed by atoms with Gasteiger partial charge in [0.15, 0.2) is 11.6 Å². The minimum Gasteiger partial charge on any atom is -0.504 e. The number of aromatic hydroxyl groups is 1. The van der Waals surface area contributed by atoms with Crippen LogP contribution in [-0.4, -0.2) is 5.11 Å². The topological polar surface area (TPSA) is 20.2 Å². The maximum absolute atomic E-state index is 12.2. The summed E-state index contributed by atoms with van der Waals surface area (Å²) in [6.45, 7) is 0. The average molecular weight is 146 g/mol. The quantitative estimate of drug-likeness (QED) is 0.592. The van der Waals surface area contributed by atoms with Crippen LogP contribution in [0.4, 0.5) is 4.39 Å². The van der Waals surface area contributed by atoms with Crippen molar-refractivity contribution in [3.8, 4) is 5.75 Å². The number of benzene rings is 1. The average Bonchev–Trinajstić information content (AvgIpc) is 1.83. The number of rotatable bonds is 0. The van der Waals surface area contributed by atoms with E-state index in [1.54, 1.807) is 0 Å². The Bertz CT molecular complexity index is 204. The molecule has 0 unspecified atom stereocenters. The van der Waals surface area contributed by atoms with Crippen LogP contribution < -0.4 is 0 Å². The lowest BCUT2D eigenvalue weighted by molar-refractivity contribution is 0.432. The molecule has 0 aromatic heterocycles. The molecule has 0 heterocycles. The summed E-state index contributed by atoms with van der Waals surface area (Å²) in [6.07, 6.45) is 0. The van der Waals surface area contributed by atoms with Gasteiger partial charge in [-0.05, 0) is 18.2 Å². The van der Waals surface area contributed by atoms with Crippen molar-refractivity contribution in [3.05, 3.63) is 29.0 Å². The van der Waals surface area contributed by atoms with Crippen molar-refractivity contribution in [1.29, 1.82) is 0 Å². The molecule has 3 heteroatoms. The van der Waals surface area contributed by atoms with Crippen molar-refractivity contribution in [2.75, 3.05) is 0 Å². The SMILES string of the molecule is Oc1c(F)c[c]cc1Cl. The van der Waals surface area contributed by atoms with E-state index in [-0.39, 0.29) is 5.02 Å². The zero-order valence-corrected chi connectivity index (χ0v) is 5.11. The minimum absolute atomic E-state index is 0.0185. The number of hydrogen-bond donors (Lipinski definition) is 1. The van der Waals surface area contributed by atoms with Crippen LogP contribution in [-0.2, 0) is 0 Å². The number of hydrogen-bond acceptors (Lipinski definition) is 1. The second kappa shape index (κ2) is 2.23. The van der Waals surface area contributed by atoms with Crippen LogP contribution in [0.1, 0.15) is 0 Å². The molecule has 0 amide bonds. The van der Waals surface area contributed by atoms with E-state index in [4.69, 9.17) is 16.7 Å². The first-order valence-electron chi connectivity index (χ1n) is 2.26. The van der Waals surface area contributed by atoms with Crippen LogP contribution in [0.25, 0.3) is 0 Å². The van der Waals surface area contributed by atoms with Crippen molar-refractivity contribution in [2.24, 2.45) is 0 Å². The maximum atomic E-state index is 12.2. The Hall–Kier alpha value is -0.760. The fraction of sp³-hybridized carbons (Fsp3) is 0. The van der Waals surface area contributed by atoms with Gasteiger partial charge in [0.1, 0.15) is 0 Å². The van der Waals surface area contributed by atoms with Gasteiger partial charge < -0.3 is 5.11 Å².